The summed E-state index contributed by atoms with van der Waals surface area (Å²) in [5, 5.41) is 9.30. The second-order valence-corrected chi connectivity index (χ2v) is 6.08. The quantitative estimate of drug-likeness (QED) is 0.730. The van der Waals surface area contributed by atoms with Gasteiger partial charge in [-0.15, -0.1) is 0 Å². The number of hydrogen-bond acceptors (Lipinski definition) is 2. The van der Waals surface area contributed by atoms with Crippen LogP contribution in [0.5, 0.6) is 0 Å². The smallest absolute Gasteiger partial charge is 0.0672 e. The van der Waals surface area contributed by atoms with Crippen LogP contribution in [0.3, 0.4) is 0 Å². The fourth-order valence-electron chi connectivity index (χ4n) is 3.90. The topological polar surface area (TPSA) is 27.0 Å². The molecule has 0 aliphatic heterocycles. The fourth-order valence-corrected chi connectivity index (χ4v) is 3.90. The first-order valence-electron chi connectivity index (χ1n) is 7.35. The standard InChI is InChI=1S/C15H26N2/c1-12-7-3-5-9-14(12)17(2)15-10-6-4-8-13(15)11-16/h12-15H,3-10H2,1-2H3. The first-order valence-corrected chi connectivity index (χ1v) is 7.35. The van der Waals surface area contributed by atoms with E-state index < -0.39 is 0 Å². The van der Waals surface area contributed by atoms with E-state index in [1.807, 2.05) is 0 Å². The maximum absolute atomic E-state index is 9.30. The molecule has 2 fully saturated rings. The third-order valence-corrected chi connectivity index (χ3v) is 5.01. The molecule has 96 valence electrons. The van der Waals surface area contributed by atoms with Crippen molar-refractivity contribution < 1.29 is 0 Å². The molecule has 0 aromatic heterocycles. The molecule has 4 unspecified atom stereocenters. The van der Waals surface area contributed by atoms with Crippen LogP contribution < -0.4 is 0 Å². The molecule has 0 N–H and O–H groups in total. The van der Waals surface area contributed by atoms with Crippen LogP contribution in [0, 0.1) is 23.2 Å². The first kappa shape index (κ1) is 12.9. The van der Waals surface area contributed by atoms with Gasteiger partial charge in [-0.3, -0.25) is 4.90 Å². The first-order chi connectivity index (χ1) is 8.24. The molecule has 17 heavy (non-hydrogen) atoms. The Labute approximate surface area is 106 Å². The van der Waals surface area contributed by atoms with E-state index in [0.29, 0.717) is 6.04 Å². The lowest BCUT2D eigenvalue weighted by atomic mass is 9.80. The van der Waals surface area contributed by atoms with Crippen LogP contribution in [-0.2, 0) is 0 Å². The highest BCUT2D eigenvalue weighted by atomic mass is 15.2. The summed E-state index contributed by atoms with van der Waals surface area (Å²) in [5.74, 6) is 1.10. The number of nitrogens with zero attached hydrogens (tertiary/aromatic N) is 2. The largest absolute Gasteiger partial charge is 0.299 e. The SMILES string of the molecule is CC1CCCCC1N(C)C1CCCCC1C#N. The second-order valence-electron chi connectivity index (χ2n) is 6.08. The third kappa shape index (κ3) is 2.83. The lowest BCUT2D eigenvalue weighted by Gasteiger charge is -2.43. The van der Waals surface area contributed by atoms with Gasteiger partial charge in [-0.1, -0.05) is 32.6 Å². The van der Waals surface area contributed by atoms with Gasteiger partial charge in [-0.25, -0.2) is 0 Å². The van der Waals surface area contributed by atoms with Gasteiger partial charge in [-0.2, -0.15) is 5.26 Å². The zero-order chi connectivity index (χ0) is 12.3. The Morgan fingerprint density at radius 2 is 1.53 bits per heavy atom. The molecule has 0 heterocycles. The van der Waals surface area contributed by atoms with Crippen molar-refractivity contribution in [3.8, 4) is 6.07 Å². The Hall–Kier alpha value is -0.550. The van der Waals surface area contributed by atoms with Crippen LogP contribution >= 0.6 is 0 Å². The van der Waals surface area contributed by atoms with E-state index in [2.05, 4.69) is 24.9 Å². The Kier molecular flexibility index (Phi) is 4.45. The Bertz CT molecular complexity index is 281. The molecule has 0 amide bonds. The van der Waals surface area contributed by atoms with Crippen LogP contribution in [0.2, 0.25) is 0 Å². The zero-order valence-corrected chi connectivity index (χ0v) is 11.4. The van der Waals surface area contributed by atoms with E-state index in [4.69, 9.17) is 0 Å². The highest BCUT2D eigenvalue weighted by Gasteiger charge is 2.34. The average Bonchev–Trinajstić information content (AvgIpc) is 2.38. The predicted octanol–water partition coefficient (Wildman–Crippen LogP) is 3.58. The molecule has 0 aromatic rings. The van der Waals surface area contributed by atoms with Gasteiger partial charge in [0.05, 0.1) is 12.0 Å². The van der Waals surface area contributed by atoms with Crippen molar-refractivity contribution in [2.45, 2.75) is 70.4 Å². The number of rotatable bonds is 2. The summed E-state index contributed by atoms with van der Waals surface area (Å²) in [6, 6.07) is 3.80. The van der Waals surface area contributed by atoms with Crippen molar-refractivity contribution in [2.75, 3.05) is 7.05 Å². The third-order valence-electron chi connectivity index (χ3n) is 5.01. The van der Waals surface area contributed by atoms with Gasteiger partial charge in [-0.05, 0) is 38.6 Å². The molecule has 2 nitrogen and oxygen atoms in total. The molecule has 0 spiro atoms. The van der Waals surface area contributed by atoms with Crippen LogP contribution in [0.15, 0.2) is 0 Å². The maximum atomic E-state index is 9.30. The minimum absolute atomic E-state index is 0.280. The molecule has 0 radical (unpaired) electrons. The van der Waals surface area contributed by atoms with Crippen molar-refractivity contribution in [3.63, 3.8) is 0 Å². The minimum Gasteiger partial charge on any atom is -0.299 e. The second kappa shape index (κ2) is 5.87. The van der Waals surface area contributed by atoms with Gasteiger partial charge in [0.25, 0.3) is 0 Å². The van der Waals surface area contributed by atoms with Gasteiger partial charge >= 0.3 is 0 Å². The molecule has 2 saturated carbocycles. The summed E-state index contributed by atoms with van der Waals surface area (Å²) in [6.07, 6.45) is 10.4. The van der Waals surface area contributed by atoms with E-state index in [0.717, 1.165) is 18.4 Å². The molecule has 0 aromatic carbocycles. The van der Waals surface area contributed by atoms with Crippen LogP contribution in [-0.4, -0.2) is 24.0 Å². The van der Waals surface area contributed by atoms with Gasteiger partial charge in [0.1, 0.15) is 0 Å². The van der Waals surface area contributed by atoms with E-state index in [-0.39, 0.29) is 5.92 Å². The lowest BCUT2D eigenvalue weighted by Crippen LogP contribution is -2.48. The van der Waals surface area contributed by atoms with Gasteiger partial charge in [0, 0.05) is 12.1 Å². The van der Waals surface area contributed by atoms with E-state index in [9.17, 15) is 5.26 Å². The van der Waals surface area contributed by atoms with Crippen molar-refractivity contribution in [1.82, 2.24) is 4.90 Å². The number of hydrogen-bond donors (Lipinski definition) is 0. The van der Waals surface area contributed by atoms with Gasteiger partial charge < -0.3 is 0 Å². The molecular weight excluding hydrogens is 208 g/mol. The molecule has 4 atom stereocenters. The number of nitriles is 1. The Morgan fingerprint density at radius 3 is 2.18 bits per heavy atom. The monoisotopic (exact) mass is 234 g/mol. The highest BCUT2D eigenvalue weighted by Crippen LogP contribution is 2.34. The van der Waals surface area contributed by atoms with Gasteiger partial charge in [0.15, 0.2) is 0 Å². The molecule has 0 saturated heterocycles. The van der Waals surface area contributed by atoms with Crippen LogP contribution in [0.1, 0.15) is 58.3 Å². The Morgan fingerprint density at radius 1 is 0.941 bits per heavy atom. The average molecular weight is 234 g/mol. The molecule has 0 bridgehead atoms. The van der Waals surface area contributed by atoms with Gasteiger partial charge in [0.2, 0.25) is 0 Å². The lowest BCUT2D eigenvalue weighted by molar-refractivity contribution is 0.0602. The minimum atomic E-state index is 0.280. The van der Waals surface area contributed by atoms with Crippen LogP contribution in [0.25, 0.3) is 0 Å². The summed E-state index contributed by atoms with van der Waals surface area (Å²) >= 11 is 0. The fraction of sp³-hybridized carbons (Fsp3) is 0.933. The normalized spacial score (nSPS) is 38.9. The predicted molar refractivity (Wildman–Crippen MR) is 70.5 cm³/mol. The summed E-state index contributed by atoms with van der Waals surface area (Å²) in [5.41, 5.74) is 0. The van der Waals surface area contributed by atoms with Crippen molar-refractivity contribution in [3.05, 3.63) is 0 Å². The van der Waals surface area contributed by atoms with Crippen molar-refractivity contribution in [1.29, 1.82) is 5.26 Å². The van der Waals surface area contributed by atoms with Crippen molar-refractivity contribution >= 4 is 0 Å². The Balaban J connectivity index is 2.01. The summed E-state index contributed by atoms with van der Waals surface area (Å²) in [7, 11) is 2.27. The van der Waals surface area contributed by atoms with Crippen LogP contribution in [0.4, 0.5) is 0 Å². The molecular formula is C15H26N2. The summed E-state index contributed by atoms with van der Waals surface area (Å²) in [6.45, 7) is 2.39. The van der Waals surface area contributed by atoms with Crippen molar-refractivity contribution in [2.24, 2.45) is 11.8 Å². The molecule has 2 rings (SSSR count). The maximum Gasteiger partial charge on any atom is 0.0672 e. The summed E-state index contributed by atoms with van der Waals surface area (Å²) in [4.78, 5) is 2.57. The molecule has 2 aliphatic carbocycles. The molecule has 2 heteroatoms. The van der Waals surface area contributed by atoms with E-state index >= 15 is 0 Å². The zero-order valence-electron chi connectivity index (χ0n) is 11.4. The van der Waals surface area contributed by atoms with E-state index in [1.54, 1.807) is 0 Å². The van der Waals surface area contributed by atoms with E-state index in [1.165, 1.54) is 44.9 Å². The molecule has 2 aliphatic rings. The highest BCUT2D eigenvalue weighted by molar-refractivity contribution is 4.97. The summed E-state index contributed by atoms with van der Waals surface area (Å²) < 4.78 is 0.